The Morgan fingerprint density at radius 3 is 2.76 bits per heavy atom. The fourth-order valence-corrected chi connectivity index (χ4v) is 3.27. The van der Waals surface area contributed by atoms with E-state index in [1.807, 2.05) is 37.3 Å². The van der Waals surface area contributed by atoms with E-state index in [-0.39, 0.29) is 5.91 Å². The number of para-hydroxylation sites is 1. The number of rotatable bonds is 8. The lowest BCUT2D eigenvalue weighted by molar-refractivity contribution is 0.0599. The van der Waals surface area contributed by atoms with Gasteiger partial charge >= 0.3 is 5.97 Å². The molecule has 2 heterocycles. The number of methoxy groups -OCH3 is 1. The van der Waals surface area contributed by atoms with Gasteiger partial charge in [-0.1, -0.05) is 25.1 Å². The molecule has 3 aromatic rings. The van der Waals surface area contributed by atoms with E-state index in [1.165, 1.54) is 7.11 Å². The zero-order valence-corrected chi connectivity index (χ0v) is 16.9. The van der Waals surface area contributed by atoms with Gasteiger partial charge in [0.25, 0.3) is 5.91 Å². The molecule has 1 amide bonds. The van der Waals surface area contributed by atoms with Crippen molar-refractivity contribution in [1.29, 1.82) is 0 Å². The van der Waals surface area contributed by atoms with Gasteiger partial charge in [-0.3, -0.25) is 9.78 Å². The maximum atomic E-state index is 12.5. The van der Waals surface area contributed by atoms with E-state index >= 15 is 0 Å². The number of hydrogen-bond acceptors (Lipinski definition) is 5. The summed E-state index contributed by atoms with van der Waals surface area (Å²) in [6.07, 6.45) is 2.98. The molecule has 1 aromatic carbocycles. The molecule has 3 rings (SSSR count). The van der Waals surface area contributed by atoms with Crippen molar-refractivity contribution in [3.05, 3.63) is 59.0 Å². The number of aromatic nitrogens is 2. The summed E-state index contributed by atoms with van der Waals surface area (Å²) in [5.74, 6) is 0.0378. The molecule has 0 aliphatic rings. The van der Waals surface area contributed by atoms with Crippen LogP contribution in [-0.4, -0.2) is 42.1 Å². The van der Waals surface area contributed by atoms with Crippen molar-refractivity contribution in [3.8, 4) is 5.75 Å². The summed E-state index contributed by atoms with van der Waals surface area (Å²) in [4.78, 5) is 31.9. The SMILES string of the molecule is CCc1[nH]c(C(=O)NCCCOc2cccc3cccnc23)c(C)c1C(=O)OC. The molecule has 0 unspecified atom stereocenters. The summed E-state index contributed by atoms with van der Waals surface area (Å²) in [6.45, 7) is 4.56. The molecule has 0 saturated carbocycles. The fourth-order valence-electron chi connectivity index (χ4n) is 3.27. The minimum absolute atomic E-state index is 0.251. The topological polar surface area (TPSA) is 93.3 Å². The van der Waals surface area contributed by atoms with Crippen molar-refractivity contribution in [2.75, 3.05) is 20.3 Å². The summed E-state index contributed by atoms with van der Waals surface area (Å²) in [5, 5.41) is 3.89. The van der Waals surface area contributed by atoms with E-state index in [0.717, 1.165) is 16.7 Å². The summed E-state index contributed by atoms with van der Waals surface area (Å²) in [7, 11) is 1.33. The lowest BCUT2D eigenvalue weighted by atomic mass is 10.1. The average molecular weight is 395 g/mol. The summed E-state index contributed by atoms with van der Waals surface area (Å²) in [5.41, 5.74) is 2.95. The van der Waals surface area contributed by atoms with Crippen LogP contribution in [0, 0.1) is 6.92 Å². The van der Waals surface area contributed by atoms with Gasteiger partial charge in [0, 0.05) is 23.8 Å². The van der Waals surface area contributed by atoms with Crippen LogP contribution in [0.3, 0.4) is 0 Å². The Morgan fingerprint density at radius 1 is 1.21 bits per heavy atom. The number of hydrogen-bond donors (Lipinski definition) is 2. The number of aryl methyl sites for hydroxylation is 1. The molecule has 0 spiro atoms. The zero-order chi connectivity index (χ0) is 20.8. The number of ether oxygens (including phenoxy) is 2. The van der Waals surface area contributed by atoms with Crippen LogP contribution >= 0.6 is 0 Å². The standard InChI is InChI=1S/C22H25N3O4/c1-4-16-18(22(27)28-3)14(2)19(25-16)21(26)24-12-7-13-29-17-10-5-8-15-9-6-11-23-20(15)17/h5-6,8-11,25H,4,7,12-13H2,1-3H3,(H,24,26). The van der Waals surface area contributed by atoms with Crippen LogP contribution in [0.5, 0.6) is 5.75 Å². The Hall–Kier alpha value is -3.35. The smallest absolute Gasteiger partial charge is 0.339 e. The number of pyridine rings is 1. The van der Waals surface area contributed by atoms with Crippen molar-refractivity contribution in [3.63, 3.8) is 0 Å². The van der Waals surface area contributed by atoms with E-state index in [2.05, 4.69) is 15.3 Å². The highest BCUT2D eigenvalue weighted by molar-refractivity contribution is 6.00. The molecule has 0 atom stereocenters. The van der Waals surface area contributed by atoms with Crippen LogP contribution in [0.2, 0.25) is 0 Å². The highest BCUT2D eigenvalue weighted by Crippen LogP contribution is 2.23. The quantitative estimate of drug-likeness (QED) is 0.450. The first kappa shape index (κ1) is 20.4. The summed E-state index contributed by atoms with van der Waals surface area (Å²) in [6, 6.07) is 9.68. The maximum Gasteiger partial charge on any atom is 0.339 e. The van der Waals surface area contributed by atoms with Crippen LogP contribution < -0.4 is 10.1 Å². The van der Waals surface area contributed by atoms with E-state index in [4.69, 9.17) is 9.47 Å². The van der Waals surface area contributed by atoms with Crippen molar-refractivity contribution in [2.24, 2.45) is 0 Å². The summed E-state index contributed by atoms with van der Waals surface area (Å²) < 4.78 is 10.7. The Balaban J connectivity index is 1.55. The van der Waals surface area contributed by atoms with E-state index in [1.54, 1.807) is 13.1 Å². The second-order valence-corrected chi connectivity index (χ2v) is 6.61. The van der Waals surface area contributed by atoms with Gasteiger partial charge in [0.05, 0.1) is 19.3 Å². The second-order valence-electron chi connectivity index (χ2n) is 6.61. The van der Waals surface area contributed by atoms with Gasteiger partial charge in [0.15, 0.2) is 0 Å². The van der Waals surface area contributed by atoms with Crippen molar-refractivity contribution in [1.82, 2.24) is 15.3 Å². The third-order valence-electron chi connectivity index (χ3n) is 4.76. The number of esters is 1. The minimum Gasteiger partial charge on any atom is -0.491 e. The van der Waals surface area contributed by atoms with Gasteiger partial charge in [-0.2, -0.15) is 0 Å². The van der Waals surface area contributed by atoms with Crippen LogP contribution in [-0.2, 0) is 11.2 Å². The first-order chi connectivity index (χ1) is 14.1. The largest absolute Gasteiger partial charge is 0.491 e. The molecule has 2 N–H and O–H groups in total. The van der Waals surface area contributed by atoms with E-state index < -0.39 is 5.97 Å². The van der Waals surface area contributed by atoms with Crippen molar-refractivity contribution in [2.45, 2.75) is 26.7 Å². The molecular formula is C22H25N3O4. The Bertz CT molecular complexity index is 1020. The molecule has 7 nitrogen and oxygen atoms in total. The predicted molar refractivity (Wildman–Crippen MR) is 110 cm³/mol. The molecule has 29 heavy (non-hydrogen) atoms. The maximum absolute atomic E-state index is 12.5. The number of benzene rings is 1. The van der Waals surface area contributed by atoms with Gasteiger partial charge in [0.2, 0.25) is 0 Å². The molecule has 0 aliphatic carbocycles. The molecule has 0 aliphatic heterocycles. The Labute approximate surface area is 169 Å². The number of nitrogens with zero attached hydrogens (tertiary/aromatic N) is 1. The minimum atomic E-state index is -0.438. The lowest BCUT2D eigenvalue weighted by Crippen LogP contribution is -2.26. The van der Waals surface area contributed by atoms with E-state index in [0.29, 0.717) is 48.5 Å². The van der Waals surface area contributed by atoms with Crippen LogP contribution in [0.1, 0.15) is 45.4 Å². The summed E-state index contributed by atoms with van der Waals surface area (Å²) >= 11 is 0. The van der Waals surface area contributed by atoms with Gasteiger partial charge < -0.3 is 19.8 Å². The molecule has 0 saturated heterocycles. The second kappa shape index (κ2) is 9.23. The van der Waals surface area contributed by atoms with Crippen molar-refractivity contribution < 1.29 is 19.1 Å². The molecule has 7 heteroatoms. The van der Waals surface area contributed by atoms with Crippen molar-refractivity contribution >= 4 is 22.8 Å². The fraction of sp³-hybridized carbons (Fsp3) is 0.318. The van der Waals surface area contributed by atoms with Crippen LogP contribution in [0.25, 0.3) is 10.9 Å². The van der Waals surface area contributed by atoms with E-state index in [9.17, 15) is 9.59 Å². The Kier molecular flexibility index (Phi) is 6.49. The molecule has 0 fully saturated rings. The molecule has 0 bridgehead atoms. The lowest BCUT2D eigenvalue weighted by Gasteiger charge is -2.09. The zero-order valence-electron chi connectivity index (χ0n) is 16.9. The first-order valence-corrected chi connectivity index (χ1v) is 9.61. The van der Waals surface area contributed by atoms with Crippen LogP contribution in [0.4, 0.5) is 0 Å². The monoisotopic (exact) mass is 395 g/mol. The highest BCUT2D eigenvalue weighted by Gasteiger charge is 2.23. The molecule has 152 valence electrons. The molecular weight excluding hydrogens is 370 g/mol. The highest BCUT2D eigenvalue weighted by atomic mass is 16.5. The number of H-pyrrole nitrogens is 1. The number of nitrogens with one attached hydrogen (secondary N) is 2. The van der Waals surface area contributed by atoms with Gasteiger partial charge in [-0.05, 0) is 37.5 Å². The normalized spacial score (nSPS) is 10.7. The predicted octanol–water partition coefficient (Wildman–Crippen LogP) is 3.42. The number of amides is 1. The van der Waals surface area contributed by atoms with Gasteiger partial charge in [-0.15, -0.1) is 0 Å². The third-order valence-corrected chi connectivity index (χ3v) is 4.76. The average Bonchev–Trinajstić information content (AvgIpc) is 3.09. The molecule has 2 aromatic heterocycles. The Morgan fingerprint density at radius 2 is 2.00 bits per heavy atom. The number of fused-ring (bicyclic) bond motifs is 1. The number of carbonyl (C=O) groups is 2. The first-order valence-electron chi connectivity index (χ1n) is 9.61. The number of aromatic amines is 1. The molecule has 0 radical (unpaired) electrons. The van der Waals surface area contributed by atoms with Gasteiger partial charge in [-0.25, -0.2) is 4.79 Å². The third kappa shape index (κ3) is 4.39. The number of carbonyl (C=O) groups excluding carboxylic acids is 2. The van der Waals surface area contributed by atoms with Gasteiger partial charge in [0.1, 0.15) is 17.0 Å². The van der Waals surface area contributed by atoms with Crippen LogP contribution in [0.15, 0.2) is 36.5 Å².